The van der Waals surface area contributed by atoms with Crippen LogP contribution in [0.1, 0.15) is 43.9 Å². The van der Waals surface area contributed by atoms with E-state index in [9.17, 15) is 14.4 Å². The zero-order valence-electron chi connectivity index (χ0n) is 11.9. The maximum atomic E-state index is 12.3. The van der Waals surface area contributed by atoms with Crippen molar-refractivity contribution in [2.24, 2.45) is 0 Å². The molecule has 108 valence electrons. The van der Waals surface area contributed by atoms with Crippen molar-refractivity contribution >= 4 is 29.1 Å². The highest BCUT2D eigenvalue weighted by molar-refractivity contribution is 8.00. The molecule has 0 N–H and O–H groups in total. The van der Waals surface area contributed by atoms with Crippen LogP contribution in [0.3, 0.4) is 0 Å². The van der Waals surface area contributed by atoms with Gasteiger partial charge in [-0.2, -0.15) is 0 Å². The van der Waals surface area contributed by atoms with Crippen LogP contribution in [-0.4, -0.2) is 23.1 Å². The van der Waals surface area contributed by atoms with Crippen LogP contribution in [0.15, 0.2) is 30.3 Å². The number of Topliss-reactive ketones (excluding diaryl/α,β-unsaturated/α-hetero) is 3. The van der Waals surface area contributed by atoms with Gasteiger partial charge in [0.15, 0.2) is 0 Å². The van der Waals surface area contributed by atoms with Crippen molar-refractivity contribution in [1.29, 1.82) is 0 Å². The molecule has 0 fully saturated rings. The fraction of sp³-hybridized carbons (Fsp3) is 0.438. The van der Waals surface area contributed by atoms with Crippen molar-refractivity contribution in [1.82, 2.24) is 0 Å². The highest BCUT2D eigenvalue weighted by Crippen LogP contribution is 2.31. The Labute approximate surface area is 124 Å². The predicted molar refractivity (Wildman–Crippen MR) is 81.9 cm³/mol. The normalized spacial score (nSPS) is 11.9. The summed E-state index contributed by atoms with van der Waals surface area (Å²) in [6.07, 6.45) is 1.40. The molecule has 3 nitrogen and oxygen atoms in total. The first-order valence-corrected chi connectivity index (χ1v) is 7.73. The average Bonchev–Trinajstić information content (AvgIpc) is 2.39. The Bertz CT molecular complexity index is 468. The molecule has 1 atom stereocenters. The zero-order valence-corrected chi connectivity index (χ0v) is 12.7. The van der Waals surface area contributed by atoms with Gasteiger partial charge < -0.3 is 4.79 Å². The van der Waals surface area contributed by atoms with Crippen LogP contribution in [-0.2, 0) is 14.4 Å². The molecule has 0 aromatic heterocycles. The first kappa shape index (κ1) is 16.6. The van der Waals surface area contributed by atoms with E-state index in [1.54, 1.807) is 0 Å². The van der Waals surface area contributed by atoms with E-state index in [1.165, 1.54) is 25.6 Å². The lowest BCUT2D eigenvalue weighted by Crippen LogP contribution is -2.12. The minimum atomic E-state index is -0.313. The minimum absolute atomic E-state index is 0.0625. The summed E-state index contributed by atoms with van der Waals surface area (Å²) in [4.78, 5) is 34.3. The number of carbonyl (C=O) groups is 3. The monoisotopic (exact) mass is 292 g/mol. The van der Waals surface area contributed by atoms with Crippen molar-refractivity contribution in [2.75, 3.05) is 5.75 Å². The van der Waals surface area contributed by atoms with Gasteiger partial charge >= 0.3 is 0 Å². The molecule has 1 rings (SSSR count). The standard InChI is InChI=1S/C16H20O3S/c1-12(17)7-6-10-15(19)16(20-11-13(2)18)14-8-4-3-5-9-14/h3-5,8-9,16H,6-7,10-11H2,1-2H3. The second-order valence-corrected chi connectivity index (χ2v) is 5.92. The fourth-order valence-corrected chi connectivity index (χ4v) is 2.90. The van der Waals surface area contributed by atoms with Gasteiger partial charge in [0.25, 0.3) is 0 Å². The Morgan fingerprint density at radius 2 is 1.65 bits per heavy atom. The van der Waals surface area contributed by atoms with Gasteiger partial charge in [-0.15, -0.1) is 11.8 Å². The number of rotatable bonds is 9. The Morgan fingerprint density at radius 3 is 2.20 bits per heavy atom. The van der Waals surface area contributed by atoms with Crippen LogP contribution in [0.4, 0.5) is 0 Å². The third-order valence-corrected chi connectivity index (χ3v) is 4.24. The number of hydrogen-bond acceptors (Lipinski definition) is 4. The topological polar surface area (TPSA) is 51.2 Å². The van der Waals surface area contributed by atoms with E-state index in [0.29, 0.717) is 25.0 Å². The summed E-state index contributed by atoms with van der Waals surface area (Å²) in [5.41, 5.74) is 0.923. The van der Waals surface area contributed by atoms with Crippen molar-refractivity contribution < 1.29 is 14.4 Å². The predicted octanol–water partition coefficient (Wildman–Crippen LogP) is 3.38. The van der Waals surface area contributed by atoms with E-state index < -0.39 is 0 Å². The molecule has 0 amide bonds. The Kier molecular flexibility index (Phi) is 7.23. The van der Waals surface area contributed by atoms with Gasteiger partial charge in [-0.25, -0.2) is 0 Å². The highest BCUT2D eigenvalue weighted by Gasteiger charge is 2.21. The van der Waals surface area contributed by atoms with Gasteiger partial charge in [-0.3, -0.25) is 9.59 Å². The van der Waals surface area contributed by atoms with E-state index in [2.05, 4.69) is 0 Å². The largest absolute Gasteiger partial charge is 0.300 e. The molecule has 0 bridgehead atoms. The molecular weight excluding hydrogens is 272 g/mol. The van der Waals surface area contributed by atoms with Crippen LogP contribution in [0, 0.1) is 0 Å². The molecule has 1 aromatic rings. The lowest BCUT2D eigenvalue weighted by atomic mass is 10.0. The smallest absolute Gasteiger partial charge is 0.150 e. The molecule has 1 unspecified atom stereocenters. The summed E-state index contributed by atoms with van der Waals surface area (Å²) in [5.74, 6) is 0.583. The summed E-state index contributed by atoms with van der Waals surface area (Å²) in [6.45, 7) is 3.05. The van der Waals surface area contributed by atoms with E-state index in [1.807, 2.05) is 30.3 Å². The van der Waals surface area contributed by atoms with Crippen LogP contribution >= 0.6 is 11.8 Å². The lowest BCUT2D eigenvalue weighted by molar-refractivity contribution is -0.119. The van der Waals surface area contributed by atoms with Crippen molar-refractivity contribution in [3.8, 4) is 0 Å². The van der Waals surface area contributed by atoms with Crippen molar-refractivity contribution in [3.05, 3.63) is 35.9 Å². The number of benzene rings is 1. The van der Waals surface area contributed by atoms with Crippen molar-refractivity contribution in [3.63, 3.8) is 0 Å². The summed E-state index contributed by atoms with van der Waals surface area (Å²) in [5, 5.41) is -0.313. The average molecular weight is 292 g/mol. The van der Waals surface area contributed by atoms with Crippen LogP contribution in [0.5, 0.6) is 0 Å². The second kappa shape index (κ2) is 8.69. The Morgan fingerprint density at radius 1 is 1.00 bits per heavy atom. The quantitative estimate of drug-likeness (QED) is 0.700. The van der Waals surface area contributed by atoms with Gasteiger partial charge in [-0.1, -0.05) is 30.3 Å². The lowest BCUT2D eigenvalue weighted by Gasteiger charge is -2.15. The minimum Gasteiger partial charge on any atom is -0.300 e. The van der Waals surface area contributed by atoms with Gasteiger partial charge in [0.2, 0.25) is 0 Å². The van der Waals surface area contributed by atoms with Crippen LogP contribution in [0.25, 0.3) is 0 Å². The van der Waals surface area contributed by atoms with E-state index in [4.69, 9.17) is 0 Å². The molecule has 4 heteroatoms. The molecule has 0 aliphatic rings. The zero-order chi connectivity index (χ0) is 15.0. The van der Waals surface area contributed by atoms with E-state index in [-0.39, 0.29) is 22.6 Å². The third-order valence-electron chi connectivity index (χ3n) is 2.80. The first-order chi connectivity index (χ1) is 9.50. The highest BCUT2D eigenvalue weighted by atomic mass is 32.2. The number of hydrogen-bond donors (Lipinski definition) is 0. The maximum Gasteiger partial charge on any atom is 0.150 e. The molecule has 0 heterocycles. The third kappa shape index (κ3) is 6.15. The van der Waals surface area contributed by atoms with Gasteiger partial charge in [-0.05, 0) is 25.8 Å². The van der Waals surface area contributed by atoms with Crippen LogP contribution < -0.4 is 0 Å². The molecular formula is C16H20O3S. The first-order valence-electron chi connectivity index (χ1n) is 6.69. The molecule has 1 aromatic carbocycles. The second-order valence-electron chi connectivity index (χ2n) is 4.83. The summed E-state index contributed by atoms with van der Waals surface area (Å²) >= 11 is 1.37. The molecule has 0 saturated carbocycles. The Hall–Kier alpha value is -1.42. The van der Waals surface area contributed by atoms with E-state index >= 15 is 0 Å². The number of carbonyl (C=O) groups excluding carboxylic acids is 3. The van der Waals surface area contributed by atoms with Crippen molar-refractivity contribution in [2.45, 2.75) is 38.4 Å². The summed E-state index contributed by atoms with van der Waals surface area (Å²) in [7, 11) is 0. The maximum absolute atomic E-state index is 12.3. The summed E-state index contributed by atoms with van der Waals surface area (Å²) in [6, 6.07) is 9.48. The molecule has 20 heavy (non-hydrogen) atoms. The van der Waals surface area contributed by atoms with Gasteiger partial charge in [0.1, 0.15) is 17.3 Å². The van der Waals surface area contributed by atoms with Crippen LogP contribution in [0.2, 0.25) is 0 Å². The van der Waals surface area contributed by atoms with E-state index in [0.717, 1.165) is 5.56 Å². The fourth-order valence-electron chi connectivity index (χ4n) is 1.85. The molecule has 0 aliphatic heterocycles. The molecule has 0 radical (unpaired) electrons. The summed E-state index contributed by atoms with van der Waals surface area (Å²) < 4.78 is 0. The number of ketones is 3. The molecule has 0 aliphatic carbocycles. The Balaban J connectivity index is 2.69. The molecule has 0 spiro atoms. The van der Waals surface area contributed by atoms with Gasteiger partial charge in [0, 0.05) is 12.8 Å². The SMILES string of the molecule is CC(=O)CCCC(=O)C(SCC(C)=O)c1ccccc1. The molecule has 0 saturated heterocycles. The van der Waals surface area contributed by atoms with Gasteiger partial charge in [0.05, 0.1) is 11.0 Å². The number of thioether (sulfide) groups is 1.